The van der Waals surface area contributed by atoms with E-state index in [-0.39, 0.29) is 34.0 Å². The van der Waals surface area contributed by atoms with Crippen molar-refractivity contribution in [2.75, 3.05) is 5.32 Å². The third-order valence-electron chi connectivity index (χ3n) is 6.13. The molecule has 0 spiro atoms. The van der Waals surface area contributed by atoms with E-state index in [4.69, 9.17) is 28.0 Å². The molecule has 4 rings (SSSR count). The van der Waals surface area contributed by atoms with Crippen LogP contribution in [0.4, 0.5) is 45.5 Å². The average molecular weight is 648 g/mol. The Hall–Kier alpha value is -3.53. The first-order chi connectivity index (χ1) is 19.4. The number of nitrogens with zero attached hydrogens (tertiary/aromatic N) is 4. The first-order valence-electron chi connectivity index (χ1n) is 11.5. The zero-order valence-electron chi connectivity index (χ0n) is 21.0. The molecule has 0 saturated heterocycles. The van der Waals surface area contributed by atoms with Gasteiger partial charge in [0.2, 0.25) is 11.8 Å². The lowest BCUT2D eigenvalue weighted by molar-refractivity contribution is -0.275. The zero-order valence-corrected chi connectivity index (χ0v) is 22.5. The molecular weight excluding hydrogens is 632 g/mol. The molecule has 7 nitrogen and oxygen atoms in total. The van der Waals surface area contributed by atoms with Gasteiger partial charge in [0.1, 0.15) is 0 Å². The standard InChI is InChI=1S/C24H16Cl2F9N5O2/c1-9-5-10(15-8-23(42-39-15,24(33,34)35)11-6-13(25)16(27)14(26)7-11)3-4-12(9)19(41)36-21-37-20(22(2,31)32)40(38-21)18(30)17(28)29/h3-7,17-18H,8H2,1-2H3,(H,36,38,41). The molecule has 2 unspecified atom stereocenters. The monoisotopic (exact) mass is 647 g/mol. The summed E-state index contributed by atoms with van der Waals surface area (Å²) < 4.78 is 123. The maximum Gasteiger partial charge on any atom is 0.435 e. The predicted molar refractivity (Wildman–Crippen MR) is 131 cm³/mol. The fraction of sp³-hybridized carbons (Fsp3) is 0.333. The van der Waals surface area contributed by atoms with Crippen molar-refractivity contribution in [3.63, 3.8) is 0 Å². The van der Waals surface area contributed by atoms with Crippen LogP contribution in [-0.2, 0) is 16.4 Å². The fourth-order valence-electron chi connectivity index (χ4n) is 4.07. The molecule has 2 atom stereocenters. The van der Waals surface area contributed by atoms with E-state index in [0.29, 0.717) is 0 Å². The number of halogens is 11. The summed E-state index contributed by atoms with van der Waals surface area (Å²) in [5.74, 6) is -8.41. The maximum absolute atomic E-state index is 14.3. The first kappa shape index (κ1) is 31.4. The predicted octanol–water partition coefficient (Wildman–Crippen LogP) is 7.71. The van der Waals surface area contributed by atoms with Gasteiger partial charge in [0.15, 0.2) is 5.82 Å². The summed E-state index contributed by atoms with van der Waals surface area (Å²) in [7, 11) is 0. The van der Waals surface area contributed by atoms with E-state index < -0.39 is 75.9 Å². The van der Waals surface area contributed by atoms with Gasteiger partial charge >= 0.3 is 12.1 Å². The molecule has 1 aliphatic rings. The minimum Gasteiger partial charge on any atom is -0.374 e. The molecule has 3 aromatic rings. The molecule has 1 aliphatic heterocycles. The Bertz CT molecular complexity index is 1550. The van der Waals surface area contributed by atoms with E-state index >= 15 is 0 Å². The molecular formula is C24H16Cl2F9N5O2. The summed E-state index contributed by atoms with van der Waals surface area (Å²) in [4.78, 5) is 20.9. The summed E-state index contributed by atoms with van der Waals surface area (Å²) >= 11 is 11.4. The number of aryl methyl sites for hydroxylation is 1. The van der Waals surface area contributed by atoms with Crippen LogP contribution in [0.1, 0.15) is 52.5 Å². The molecule has 0 saturated carbocycles. The number of anilines is 1. The summed E-state index contributed by atoms with van der Waals surface area (Å²) in [5, 5.41) is 7.43. The van der Waals surface area contributed by atoms with Gasteiger partial charge in [0.25, 0.3) is 24.2 Å². The Morgan fingerprint density at radius 2 is 1.71 bits per heavy atom. The summed E-state index contributed by atoms with van der Waals surface area (Å²) in [6.07, 6.45) is -12.9. The van der Waals surface area contributed by atoms with Crippen LogP contribution in [0, 0.1) is 12.7 Å². The molecule has 42 heavy (non-hydrogen) atoms. The van der Waals surface area contributed by atoms with Crippen molar-refractivity contribution in [2.24, 2.45) is 5.16 Å². The van der Waals surface area contributed by atoms with E-state index in [1.807, 2.05) is 5.32 Å². The Morgan fingerprint density at radius 1 is 1.10 bits per heavy atom. The third kappa shape index (κ3) is 5.73. The normalized spacial score (nSPS) is 18.2. The van der Waals surface area contributed by atoms with Crippen LogP contribution in [0.5, 0.6) is 0 Å². The lowest BCUT2D eigenvalue weighted by Gasteiger charge is -2.29. The van der Waals surface area contributed by atoms with E-state index in [0.717, 1.165) is 18.2 Å². The molecule has 1 amide bonds. The summed E-state index contributed by atoms with van der Waals surface area (Å²) in [6.45, 7) is 1.64. The number of hydrogen-bond donors (Lipinski definition) is 1. The molecule has 2 heterocycles. The number of carbonyl (C=O) groups excluding carboxylic acids is 1. The number of alkyl halides is 8. The first-order valence-corrected chi connectivity index (χ1v) is 12.3. The van der Waals surface area contributed by atoms with Crippen LogP contribution < -0.4 is 5.32 Å². The van der Waals surface area contributed by atoms with Gasteiger partial charge in [-0.3, -0.25) is 10.1 Å². The zero-order chi connectivity index (χ0) is 31.4. The second-order valence-electron chi connectivity index (χ2n) is 9.17. The number of nitrogens with one attached hydrogen (secondary N) is 1. The molecule has 1 N–H and O–H groups in total. The van der Waals surface area contributed by atoms with Gasteiger partial charge in [0.05, 0.1) is 15.8 Å². The summed E-state index contributed by atoms with van der Waals surface area (Å²) in [6, 6.07) is 5.04. The number of aromatic nitrogens is 3. The number of amides is 1. The second-order valence-corrected chi connectivity index (χ2v) is 9.98. The van der Waals surface area contributed by atoms with E-state index in [1.54, 1.807) is 0 Å². The van der Waals surface area contributed by atoms with Crippen molar-refractivity contribution in [3.8, 4) is 0 Å². The topological polar surface area (TPSA) is 81.4 Å². The van der Waals surface area contributed by atoms with Crippen LogP contribution in [0.25, 0.3) is 0 Å². The minimum atomic E-state index is -5.06. The molecule has 0 radical (unpaired) electrons. The van der Waals surface area contributed by atoms with Crippen LogP contribution in [0.2, 0.25) is 10.0 Å². The highest BCUT2D eigenvalue weighted by molar-refractivity contribution is 6.35. The average Bonchev–Trinajstić information content (AvgIpc) is 3.52. The van der Waals surface area contributed by atoms with Crippen molar-refractivity contribution in [2.45, 2.75) is 50.7 Å². The number of benzene rings is 2. The SMILES string of the molecule is Cc1cc(C2=NOC(c3cc(Cl)c(F)c(Cl)c3)(C(F)(F)F)C2)ccc1C(=O)Nc1nc(C(C)(F)F)n(C(F)C(F)F)n1. The molecule has 0 aliphatic carbocycles. The molecule has 226 valence electrons. The Balaban J connectivity index is 1.60. The number of rotatable bonds is 7. The van der Waals surface area contributed by atoms with Crippen LogP contribution in [-0.4, -0.2) is 39.0 Å². The number of carbonyl (C=O) groups is 1. The van der Waals surface area contributed by atoms with Crippen LogP contribution >= 0.6 is 23.2 Å². The van der Waals surface area contributed by atoms with E-state index in [2.05, 4.69) is 15.2 Å². The molecule has 2 aromatic carbocycles. The van der Waals surface area contributed by atoms with Gasteiger partial charge in [-0.15, -0.1) is 5.10 Å². The minimum absolute atomic E-state index is 0.0852. The highest BCUT2D eigenvalue weighted by Crippen LogP contribution is 2.50. The van der Waals surface area contributed by atoms with Gasteiger partial charge < -0.3 is 4.84 Å². The van der Waals surface area contributed by atoms with Crippen molar-refractivity contribution < 1.29 is 49.1 Å². The van der Waals surface area contributed by atoms with Crippen LogP contribution in [0.15, 0.2) is 35.5 Å². The second kappa shape index (κ2) is 10.9. The fourth-order valence-corrected chi connectivity index (χ4v) is 4.56. The van der Waals surface area contributed by atoms with E-state index in [9.17, 15) is 44.3 Å². The molecule has 0 bridgehead atoms. The van der Waals surface area contributed by atoms with Crippen molar-refractivity contribution in [3.05, 3.63) is 74.3 Å². The number of oxime groups is 1. The smallest absolute Gasteiger partial charge is 0.374 e. The lowest BCUT2D eigenvalue weighted by Crippen LogP contribution is -2.42. The van der Waals surface area contributed by atoms with Crippen molar-refractivity contribution in [1.29, 1.82) is 0 Å². The van der Waals surface area contributed by atoms with Gasteiger partial charge in [-0.25, -0.2) is 22.2 Å². The van der Waals surface area contributed by atoms with E-state index in [1.165, 1.54) is 19.1 Å². The van der Waals surface area contributed by atoms with Gasteiger partial charge in [-0.2, -0.15) is 26.9 Å². The maximum atomic E-state index is 14.3. The molecule has 18 heteroatoms. The molecule has 0 fully saturated rings. The van der Waals surface area contributed by atoms with Crippen LogP contribution in [0.3, 0.4) is 0 Å². The van der Waals surface area contributed by atoms with Gasteiger partial charge in [0, 0.05) is 24.5 Å². The van der Waals surface area contributed by atoms with Gasteiger partial charge in [-0.05, 0) is 42.3 Å². The van der Waals surface area contributed by atoms with Gasteiger partial charge in [-0.1, -0.05) is 34.4 Å². The summed E-state index contributed by atoms with van der Waals surface area (Å²) in [5.41, 5.74) is -3.81. The third-order valence-corrected chi connectivity index (χ3v) is 6.68. The highest BCUT2D eigenvalue weighted by atomic mass is 35.5. The molecule has 1 aromatic heterocycles. The number of hydrogen-bond acceptors (Lipinski definition) is 5. The Morgan fingerprint density at radius 3 is 2.24 bits per heavy atom. The lowest BCUT2D eigenvalue weighted by atomic mass is 9.86. The Kier molecular flexibility index (Phi) is 8.19. The highest BCUT2D eigenvalue weighted by Gasteiger charge is 2.62. The van der Waals surface area contributed by atoms with Crippen molar-refractivity contribution >= 4 is 40.8 Å². The quantitative estimate of drug-likeness (QED) is 0.210. The largest absolute Gasteiger partial charge is 0.435 e. The Labute approximate surface area is 240 Å². The van der Waals surface area contributed by atoms with Crippen molar-refractivity contribution in [1.82, 2.24) is 14.8 Å².